The van der Waals surface area contributed by atoms with Crippen LogP contribution in [0, 0.1) is 0 Å². The molecule has 0 atom stereocenters. The van der Waals surface area contributed by atoms with Crippen molar-refractivity contribution in [2.24, 2.45) is 0 Å². The zero-order valence-corrected chi connectivity index (χ0v) is 4.82. The molecule has 0 spiro atoms. The molecule has 0 aromatic carbocycles. The first kappa shape index (κ1) is 8.90. The molecule has 0 unspecified atom stereocenters. The third kappa shape index (κ3) is 33000. The monoisotopic (exact) mass is 253 g/mol. The summed E-state index contributed by atoms with van der Waals surface area (Å²) in [6.45, 7) is 0. The van der Waals surface area contributed by atoms with Crippen LogP contribution in [0.4, 0.5) is 0 Å². The van der Waals surface area contributed by atoms with Crippen LogP contribution in [0.1, 0.15) is 0 Å². The molecule has 0 aromatic rings. The minimum atomic E-state index is -4.21. The van der Waals surface area contributed by atoms with Crippen molar-refractivity contribution in [2.45, 2.75) is 0 Å². The summed E-state index contributed by atoms with van der Waals surface area (Å²) in [5.74, 6) is 0. The van der Waals surface area contributed by atoms with Gasteiger partial charge in [-0.25, -0.2) is 0 Å². The zero-order chi connectivity index (χ0) is 3.58. The van der Waals surface area contributed by atoms with Crippen LogP contribution in [0.5, 0.6) is 0 Å². The van der Waals surface area contributed by atoms with Crippen molar-refractivity contribution in [3.05, 3.63) is 0 Å². The van der Waals surface area contributed by atoms with Crippen molar-refractivity contribution >= 4 is 0 Å². The molecule has 0 radical (unpaired) electrons. The van der Waals surface area contributed by atoms with Gasteiger partial charge in [0.05, 0.1) is 0 Å². The first-order valence-electron chi connectivity index (χ1n) is 0.463. The van der Waals surface area contributed by atoms with E-state index in [1.807, 2.05) is 0 Å². The van der Waals surface area contributed by atoms with Gasteiger partial charge in [-0.15, -0.1) is 0 Å². The molecule has 0 amide bonds. The molecule has 33 valence electrons. The molecular weight excluding hydrogens is 250 g/mol. The van der Waals surface area contributed by atoms with Crippen molar-refractivity contribution in [1.82, 2.24) is 0 Å². The molecule has 0 fully saturated rings. The van der Waals surface area contributed by atoms with Crippen molar-refractivity contribution in [2.75, 3.05) is 0 Å². The second-order valence-corrected chi connectivity index (χ2v) is 1.55. The second kappa shape index (κ2) is 4.02. The average molecular weight is 252 g/mol. The molecule has 0 saturated carbocycles. The Morgan fingerprint density at radius 1 is 1.00 bits per heavy atom. The van der Waals surface area contributed by atoms with Gasteiger partial charge < -0.3 is 5.48 Å². The fourth-order valence-electron chi connectivity index (χ4n) is 0. The Bertz CT molecular complexity index is 73.0. The third-order valence-electron chi connectivity index (χ3n) is 0. The van der Waals surface area contributed by atoms with E-state index in [1.54, 1.807) is 0 Å². The van der Waals surface area contributed by atoms with Gasteiger partial charge in [-0.05, 0) is 0 Å². The average Bonchev–Trinajstić information content (AvgIpc) is 0.811. The normalized spacial score (nSPS) is 4.80. The van der Waals surface area contributed by atoms with E-state index in [4.69, 9.17) is 10.4 Å². The summed E-state index contributed by atoms with van der Waals surface area (Å²) in [5, 5.41) is 0. The van der Waals surface area contributed by atoms with Crippen LogP contribution < -0.4 is 0 Å². The summed E-state index contributed by atoms with van der Waals surface area (Å²) >= 11 is -4.21. The molecule has 0 saturated heterocycles. The summed E-state index contributed by atoms with van der Waals surface area (Å²) in [6, 6.07) is 0. The van der Waals surface area contributed by atoms with Gasteiger partial charge in [-0.1, -0.05) is 0 Å². The summed E-state index contributed by atoms with van der Waals surface area (Å²) in [6.07, 6.45) is 0. The molecule has 0 aliphatic carbocycles. The van der Waals surface area contributed by atoms with Crippen LogP contribution >= 0.6 is 0 Å². The van der Waals surface area contributed by atoms with Crippen molar-refractivity contribution in [3.63, 3.8) is 0 Å². The van der Waals surface area contributed by atoms with Crippen molar-refractivity contribution in [3.8, 4) is 0 Å². The molecule has 5 heteroatoms. The Hall–Kier alpha value is 0.0223. The SMILES string of the molecule is O.[O]=[Re](=[O])=[O]. The summed E-state index contributed by atoms with van der Waals surface area (Å²) in [5.41, 5.74) is 0. The molecule has 0 aliphatic rings. The second-order valence-electron chi connectivity index (χ2n) is 0.189. The van der Waals surface area contributed by atoms with Gasteiger partial charge in [-0.3, -0.25) is 0 Å². The van der Waals surface area contributed by atoms with Gasteiger partial charge in [-0.2, -0.15) is 0 Å². The van der Waals surface area contributed by atoms with Crippen LogP contribution in [0.25, 0.3) is 0 Å². The Morgan fingerprint density at radius 2 is 1.00 bits per heavy atom. The summed E-state index contributed by atoms with van der Waals surface area (Å²) in [7, 11) is 0. The molecular formula is H2O4Re. The van der Waals surface area contributed by atoms with Crippen LogP contribution in [0.3, 0.4) is 0 Å². The van der Waals surface area contributed by atoms with Crippen molar-refractivity contribution in [1.29, 1.82) is 0 Å². The van der Waals surface area contributed by atoms with E-state index in [0.717, 1.165) is 0 Å². The Morgan fingerprint density at radius 3 is 1.00 bits per heavy atom. The quantitative estimate of drug-likeness (QED) is 0.544. The van der Waals surface area contributed by atoms with Gasteiger partial charge in [0, 0.05) is 0 Å². The van der Waals surface area contributed by atoms with Crippen LogP contribution in [0.2, 0.25) is 0 Å². The van der Waals surface area contributed by atoms with E-state index in [-0.39, 0.29) is 5.48 Å². The number of hydrogen-bond acceptors (Lipinski definition) is 3. The van der Waals surface area contributed by atoms with E-state index >= 15 is 0 Å². The molecule has 0 bridgehead atoms. The molecule has 0 rings (SSSR count). The Balaban J connectivity index is 0. The van der Waals surface area contributed by atoms with Crippen LogP contribution in [0.15, 0.2) is 0 Å². The summed E-state index contributed by atoms with van der Waals surface area (Å²) < 4.78 is 25.8. The fourth-order valence-corrected chi connectivity index (χ4v) is 0. The van der Waals surface area contributed by atoms with E-state index in [0.29, 0.717) is 0 Å². The van der Waals surface area contributed by atoms with E-state index in [2.05, 4.69) is 0 Å². The van der Waals surface area contributed by atoms with E-state index < -0.39 is 16.6 Å². The third-order valence-corrected chi connectivity index (χ3v) is 0. The van der Waals surface area contributed by atoms with Gasteiger partial charge in [0.1, 0.15) is 0 Å². The zero-order valence-electron chi connectivity index (χ0n) is 2.10. The van der Waals surface area contributed by atoms with Gasteiger partial charge in [0.15, 0.2) is 0 Å². The van der Waals surface area contributed by atoms with Gasteiger partial charge >= 0.3 is 27.0 Å². The van der Waals surface area contributed by atoms with E-state index in [9.17, 15) is 0 Å². The Kier molecular flexibility index (Phi) is 7.16. The first-order valence-corrected chi connectivity index (χ1v) is 3.79. The standard InChI is InChI=1S/H2O.3O.Re/h1H2;;;;. The molecule has 4 nitrogen and oxygen atoms in total. The molecule has 2 N–H and O–H groups in total. The topological polar surface area (TPSA) is 82.7 Å². The summed E-state index contributed by atoms with van der Waals surface area (Å²) in [4.78, 5) is 0. The molecule has 0 aliphatic heterocycles. The van der Waals surface area contributed by atoms with Crippen LogP contribution in [-0.2, 0) is 27.0 Å². The number of rotatable bonds is 0. The predicted molar refractivity (Wildman–Crippen MR) is 5.67 cm³/mol. The maximum atomic E-state index is 8.60. The van der Waals surface area contributed by atoms with E-state index in [1.165, 1.54) is 0 Å². The van der Waals surface area contributed by atoms with Gasteiger partial charge in [0.25, 0.3) is 0 Å². The minimum absolute atomic E-state index is 0. The molecule has 0 heterocycles. The number of hydrogen-bond donors (Lipinski definition) is 0. The maximum absolute atomic E-state index is 8.60. The first-order chi connectivity index (χ1) is 1.73. The predicted octanol–water partition coefficient (Wildman–Crippen LogP) is -1.18. The fraction of sp³-hybridized carbons (Fsp3) is 0. The van der Waals surface area contributed by atoms with Crippen LogP contribution in [-0.4, -0.2) is 5.48 Å². The Labute approximate surface area is 33.3 Å². The van der Waals surface area contributed by atoms with Gasteiger partial charge in [0.2, 0.25) is 0 Å². The van der Waals surface area contributed by atoms with Crippen molar-refractivity contribution < 1.29 is 32.5 Å². The molecule has 5 heavy (non-hydrogen) atoms. The molecule has 0 aromatic heterocycles.